The van der Waals surface area contributed by atoms with Crippen molar-refractivity contribution in [1.82, 2.24) is 5.32 Å². The lowest BCUT2D eigenvalue weighted by molar-refractivity contribution is -0.116. The van der Waals surface area contributed by atoms with Gasteiger partial charge in [-0.05, 0) is 41.6 Å². The average Bonchev–Trinajstić information content (AvgIpc) is 2.61. The summed E-state index contributed by atoms with van der Waals surface area (Å²) in [7, 11) is 1.69. The smallest absolute Gasteiger partial charge is 0.225 e. The quantitative estimate of drug-likeness (QED) is 0.700. The summed E-state index contributed by atoms with van der Waals surface area (Å²) in [6.07, 6.45) is 1.32. The summed E-state index contributed by atoms with van der Waals surface area (Å²) in [6.45, 7) is 7.91. The Morgan fingerprint density at radius 2 is 1.69 bits per heavy atom. The fourth-order valence-electron chi connectivity index (χ4n) is 2.92. The number of carbonyl (C=O) groups is 1. The highest BCUT2D eigenvalue weighted by Gasteiger charge is 2.18. The van der Waals surface area contributed by atoms with E-state index in [1.165, 1.54) is 5.56 Å². The highest BCUT2D eigenvalue weighted by atomic mass is 16.5. The summed E-state index contributed by atoms with van der Waals surface area (Å²) >= 11 is 0. The first-order valence-corrected chi connectivity index (χ1v) is 9.14. The Balaban J connectivity index is 1.76. The fourth-order valence-corrected chi connectivity index (χ4v) is 2.92. The van der Waals surface area contributed by atoms with Crippen molar-refractivity contribution < 1.29 is 9.53 Å². The fraction of sp³-hybridized carbons (Fsp3) is 0.409. The second kappa shape index (κ2) is 9.39. The van der Waals surface area contributed by atoms with Crippen LogP contribution in [0.4, 0.5) is 5.69 Å². The third-order valence-corrected chi connectivity index (χ3v) is 4.30. The zero-order valence-electron chi connectivity index (χ0n) is 16.3. The summed E-state index contributed by atoms with van der Waals surface area (Å²) < 4.78 is 5.35. The molecule has 0 unspecified atom stereocenters. The molecule has 0 heterocycles. The van der Waals surface area contributed by atoms with Crippen LogP contribution in [-0.4, -0.2) is 26.1 Å². The van der Waals surface area contributed by atoms with Crippen LogP contribution in [0.2, 0.25) is 0 Å². The Kier molecular flexibility index (Phi) is 7.22. The van der Waals surface area contributed by atoms with Crippen molar-refractivity contribution in [1.29, 1.82) is 0 Å². The van der Waals surface area contributed by atoms with E-state index in [0.29, 0.717) is 13.0 Å². The van der Waals surface area contributed by atoms with E-state index in [2.05, 4.69) is 43.5 Å². The molecule has 0 aliphatic rings. The van der Waals surface area contributed by atoms with E-state index < -0.39 is 0 Å². The molecule has 1 amide bonds. The number of nitrogens with one attached hydrogen (secondary N) is 2. The van der Waals surface area contributed by atoms with Gasteiger partial charge in [0.2, 0.25) is 5.91 Å². The number of carbonyl (C=O) groups excluding carboxylic acids is 1. The van der Waals surface area contributed by atoms with Crippen LogP contribution in [0.15, 0.2) is 48.5 Å². The molecule has 26 heavy (non-hydrogen) atoms. The average molecular weight is 354 g/mol. The normalized spacial score (nSPS) is 11.2. The van der Waals surface area contributed by atoms with Crippen molar-refractivity contribution in [2.45, 2.75) is 39.0 Å². The van der Waals surface area contributed by atoms with Crippen molar-refractivity contribution in [3.05, 3.63) is 59.7 Å². The molecule has 0 fully saturated rings. The number of hydrogen-bond acceptors (Lipinski definition) is 3. The van der Waals surface area contributed by atoms with Crippen molar-refractivity contribution >= 4 is 11.6 Å². The van der Waals surface area contributed by atoms with E-state index in [0.717, 1.165) is 30.0 Å². The van der Waals surface area contributed by atoms with Gasteiger partial charge in [-0.3, -0.25) is 4.79 Å². The number of ether oxygens (including phenoxy) is 1. The van der Waals surface area contributed by atoms with Crippen LogP contribution in [0.3, 0.4) is 0 Å². The lowest BCUT2D eigenvalue weighted by Crippen LogP contribution is -2.24. The van der Waals surface area contributed by atoms with E-state index in [1.807, 2.05) is 36.4 Å². The van der Waals surface area contributed by atoms with Crippen molar-refractivity contribution in [3.63, 3.8) is 0 Å². The SMILES string of the molecule is COc1ccccc1CCNCCC(=O)Nc1ccccc1C(C)(C)C. The minimum absolute atomic E-state index is 0.00311. The molecule has 4 nitrogen and oxygen atoms in total. The highest BCUT2D eigenvalue weighted by molar-refractivity contribution is 5.91. The number of methoxy groups -OCH3 is 1. The van der Waals surface area contributed by atoms with E-state index in [1.54, 1.807) is 7.11 Å². The first-order valence-electron chi connectivity index (χ1n) is 9.14. The molecule has 2 N–H and O–H groups in total. The standard InChI is InChI=1S/C22H30N2O2/c1-22(2,3)18-10-6-7-11-19(18)24-21(25)14-16-23-15-13-17-9-5-8-12-20(17)26-4/h5-12,23H,13-16H2,1-4H3,(H,24,25). The number of benzene rings is 2. The van der Waals surface area contributed by atoms with Gasteiger partial charge >= 0.3 is 0 Å². The maximum Gasteiger partial charge on any atom is 0.225 e. The molecular formula is C22H30N2O2. The number of hydrogen-bond donors (Lipinski definition) is 2. The molecule has 0 spiro atoms. The lowest BCUT2D eigenvalue weighted by atomic mass is 9.86. The summed E-state index contributed by atoms with van der Waals surface area (Å²) in [5.74, 6) is 0.942. The van der Waals surface area contributed by atoms with E-state index in [9.17, 15) is 4.79 Å². The van der Waals surface area contributed by atoms with Crippen LogP contribution in [0, 0.1) is 0 Å². The molecule has 0 saturated heterocycles. The lowest BCUT2D eigenvalue weighted by Gasteiger charge is -2.23. The third-order valence-electron chi connectivity index (χ3n) is 4.30. The van der Waals surface area contributed by atoms with Crippen molar-refractivity contribution in [3.8, 4) is 5.75 Å². The minimum atomic E-state index is -0.00311. The molecule has 0 atom stereocenters. The molecule has 0 radical (unpaired) electrons. The Morgan fingerprint density at radius 1 is 1.00 bits per heavy atom. The van der Waals surface area contributed by atoms with Gasteiger partial charge in [0, 0.05) is 18.7 Å². The van der Waals surface area contributed by atoms with Crippen LogP contribution >= 0.6 is 0 Å². The Labute approximate surface area is 157 Å². The van der Waals surface area contributed by atoms with Gasteiger partial charge in [-0.2, -0.15) is 0 Å². The van der Waals surface area contributed by atoms with Crippen LogP contribution in [0.5, 0.6) is 5.75 Å². The van der Waals surface area contributed by atoms with Crippen molar-refractivity contribution in [2.75, 3.05) is 25.5 Å². The molecule has 0 bridgehead atoms. The minimum Gasteiger partial charge on any atom is -0.496 e. The number of rotatable bonds is 8. The molecule has 0 aliphatic carbocycles. The second-order valence-electron chi connectivity index (χ2n) is 7.41. The predicted molar refractivity (Wildman–Crippen MR) is 108 cm³/mol. The first kappa shape index (κ1) is 20.0. The second-order valence-corrected chi connectivity index (χ2v) is 7.41. The predicted octanol–water partition coefficient (Wildman–Crippen LogP) is 4.15. The van der Waals surface area contributed by atoms with Gasteiger partial charge in [0.25, 0.3) is 0 Å². The van der Waals surface area contributed by atoms with Gasteiger partial charge in [-0.15, -0.1) is 0 Å². The molecule has 2 rings (SSSR count). The first-order chi connectivity index (χ1) is 12.4. The van der Waals surface area contributed by atoms with Gasteiger partial charge in [-0.1, -0.05) is 57.2 Å². The third kappa shape index (κ3) is 5.88. The number of amides is 1. The maximum atomic E-state index is 12.3. The van der Waals surface area contributed by atoms with E-state index in [-0.39, 0.29) is 11.3 Å². The van der Waals surface area contributed by atoms with Gasteiger partial charge in [-0.25, -0.2) is 0 Å². The molecule has 2 aromatic carbocycles. The van der Waals surface area contributed by atoms with Crippen LogP contribution in [-0.2, 0) is 16.6 Å². The zero-order chi connectivity index (χ0) is 19.0. The summed E-state index contributed by atoms with van der Waals surface area (Å²) in [4.78, 5) is 12.3. The number of para-hydroxylation sites is 2. The summed E-state index contributed by atoms with van der Waals surface area (Å²) in [5, 5.41) is 6.38. The van der Waals surface area contributed by atoms with Gasteiger partial charge < -0.3 is 15.4 Å². The zero-order valence-corrected chi connectivity index (χ0v) is 16.3. The van der Waals surface area contributed by atoms with E-state index >= 15 is 0 Å². The van der Waals surface area contributed by atoms with E-state index in [4.69, 9.17) is 4.74 Å². The molecule has 4 heteroatoms. The Bertz CT molecular complexity index is 720. The molecular weight excluding hydrogens is 324 g/mol. The van der Waals surface area contributed by atoms with Crippen LogP contribution < -0.4 is 15.4 Å². The van der Waals surface area contributed by atoms with Crippen LogP contribution in [0.1, 0.15) is 38.3 Å². The van der Waals surface area contributed by atoms with Gasteiger partial charge in [0.05, 0.1) is 7.11 Å². The molecule has 140 valence electrons. The summed E-state index contributed by atoms with van der Waals surface area (Å²) in [5.41, 5.74) is 3.22. The molecule has 0 aromatic heterocycles. The van der Waals surface area contributed by atoms with Crippen LogP contribution in [0.25, 0.3) is 0 Å². The summed E-state index contributed by atoms with van der Waals surface area (Å²) in [6, 6.07) is 16.0. The Hall–Kier alpha value is -2.33. The van der Waals surface area contributed by atoms with Crippen molar-refractivity contribution in [2.24, 2.45) is 0 Å². The largest absolute Gasteiger partial charge is 0.496 e. The number of anilines is 1. The van der Waals surface area contributed by atoms with Gasteiger partial charge in [0.15, 0.2) is 0 Å². The highest BCUT2D eigenvalue weighted by Crippen LogP contribution is 2.29. The molecule has 2 aromatic rings. The monoisotopic (exact) mass is 354 g/mol. The molecule has 0 saturated carbocycles. The molecule has 0 aliphatic heterocycles. The van der Waals surface area contributed by atoms with Gasteiger partial charge in [0.1, 0.15) is 5.75 Å². The maximum absolute atomic E-state index is 12.3. The Morgan fingerprint density at radius 3 is 2.42 bits per heavy atom. The topological polar surface area (TPSA) is 50.4 Å².